The van der Waals surface area contributed by atoms with Crippen molar-refractivity contribution in [3.8, 4) is 0 Å². The van der Waals surface area contributed by atoms with Crippen LogP contribution >= 0.6 is 0 Å². The van der Waals surface area contributed by atoms with E-state index in [4.69, 9.17) is 14.0 Å². The van der Waals surface area contributed by atoms with Crippen LogP contribution < -0.4 is 10.6 Å². The van der Waals surface area contributed by atoms with Gasteiger partial charge in [0.05, 0.1) is 36.0 Å². The molecular formula is C39H52BN7O4. The number of nitrogens with zero attached hydrogens (tertiary/aromatic N) is 5. The molecule has 6 rings (SSSR count). The fourth-order valence-corrected chi connectivity index (χ4v) is 7.03. The van der Waals surface area contributed by atoms with E-state index < -0.39 is 5.54 Å². The second kappa shape index (κ2) is 16.6. The van der Waals surface area contributed by atoms with Gasteiger partial charge in [0.2, 0.25) is 5.91 Å². The van der Waals surface area contributed by atoms with Crippen molar-refractivity contribution in [2.75, 3.05) is 39.4 Å². The molecule has 12 heteroatoms. The van der Waals surface area contributed by atoms with Crippen molar-refractivity contribution < 1.29 is 18.8 Å². The molecule has 0 saturated carbocycles. The SMILES string of the molecule is CC1(C)OB(CCCCC(NC(c2ccccc2)(c2ccccc2)c2ccccc2)c2nnnn2CC(=O)NCCN2CCOCC2)OC1(C)C. The van der Waals surface area contributed by atoms with Crippen LogP contribution in [0, 0.1) is 0 Å². The summed E-state index contributed by atoms with van der Waals surface area (Å²) in [6, 6.07) is 31.2. The van der Waals surface area contributed by atoms with Crippen molar-refractivity contribution in [2.45, 2.75) is 82.6 Å². The van der Waals surface area contributed by atoms with E-state index in [1.165, 1.54) is 0 Å². The average molecular weight is 694 g/mol. The zero-order valence-electron chi connectivity index (χ0n) is 30.5. The number of hydrogen-bond acceptors (Lipinski definition) is 9. The minimum absolute atomic E-state index is 0.0204. The fraction of sp³-hybridized carbons (Fsp3) is 0.487. The number of tetrazole rings is 1. The van der Waals surface area contributed by atoms with Crippen molar-refractivity contribution in [3.05, 3.63) is 114 Å². The molecule has 0 aliphatic carbocycles. The van der Waals surface area contributed by atoms with Gasteiger partial charge in [-0.2, -0.15) is 0 Å². The first-order valence-corrected chi connectivity index (χ1v) is 18.3. The van der Waals surface area contributed by atoms with E-state index in [9.17, 15) is 4.79 Å². The standard InChI is InChI=1S/C39H52BN7O4/c1-37(2)38(3,4)51-40(50-37)23-15-14-22-34(36-43-44-45-47(36)30-35(48)41-24-25-46-26-28-49-29-27-46)42-39(31-16-8-5-9-17-31,32-18-10-6-11-19-32)33-20-12-7-13-21-33/h5-13,16-21,34,42H,14-15,22-30H2,1-4H3,(H,41,48). The van der Waals surface area contributed by atoms with Crippen molar-refractivity contribution >= 4 is 13.0 Å². The molecule has 3 heterocycles. The Hall–Kier alpha value is -3.94. The number of unbranched alkanes of at least 4 members (excludes halogenated alkanes) is 1. The lowest BCUT2D eigenvalue weighted by Gasteiger charge is -2.40. The third kappa shape index (κ3) is 8.76. The van der Waals surface area contributed by atoms with Crippen molar-refractivity contribution in [1.29, 1.82) is 0 Å². The minimum Gasteiger partial charge on any atom is -0.403 e. The van der Waals surface area contributed by atoms with Gasteiger partial charge >= 0.3 is 7.12 Å². The highest BCUT2D eigenvalue weighted by Gasteiger charge is 2.50. The molecule has 2 aliphatic rings. The van der Waals surface area contributed by atoms with E-state index in [1.54, 1.807) is 4.68 Å². The highest BCUT2D eigenvalue weighted by Crippen LogP contribution is 2.41. The Balaban J connectivity index is 1.28. The number of rotatable bonds is 16. The topological polar surface area (TPSA) is 116 Å². The van der Waals surface area contributed by atoms with Crippen molar-refractivity contribution in [1.82, 2.24) is 35.7 Å². The van der Waals surface area contributed by atoms with Gasteiger partial charge in [0.25, 0.3) is 0 Å². The fourth-order valence-electron chi connectivity index (χ4n) is 7.03. The summed E-state index contributed by atoms with van der Waals surface area (Å²) >= 11 is 0. The summed E-state index contributed by atoms with van der Waals surface area (Å²) in [6.45, 7) is 12.9. The molecule has 4 aromatic rings. The summed E-state index contributed by atoms with van der Waals surface area (Å²) < 4.78 is 19.7. The first kappa shape index (κ1) is 36.8. The summed E-state index contributed by atoms with van der Waals surface area (Å²) in [4.78, 5) is 15.6. The van der Waals surface area contributed by atoms with Crippen molar-refractivity contribution in [2.24, 2.45) is 0 Å². The molecule has 2 saturated heterocycles. The predicted molar refractivity (Wildman–Crippen MR) is 198 cm³/mol. The van der Waals surface area contributed by atoms with Crippen LogP contribution in [0.4, 0.5) is 0 Å². The molecule has 270 valence electrons. The number of hydrogen-bond donors (Lipinski definition) is 2. The van der Waals surface area contributed by atoms with Crippen LogP contribution in [-0.2, 0) is 30.9 Å². The lowest BCUT2D eigenvalue weighted by Crippen LogP contribution is -2.47. The smallest absolute Gasteiger partial charge is 0.403 e. The van der Waals surface area contributed by atoms with Crippen LogP contribution in [0.1, 0.15) is 75.5 Å². The molecule has 0 spiro atoms. The van der Waals surface area contributed by atoms with Crippen LogP contribution in [0.5, 0.6) is 0 Å². The summed E-state index contributed by atoms with van der Waals surface area (Å²) in [5.41, 5.74) is 1.77. The molecule has 0 bridgehead atoms. The highest BCUT2D eigenvalue weighted by molar-refractivity contribution is 6.45. The van der Waals surface area contributed by atoms with E-state index in [0.717, 1.165) is 68.7 Å². The number of amides is 1. The zero-order valence-corrected chi connectivity index (χ0v) is 30.5. The summed E-state index contributed by atoms with van der Waals surface area (Å²) in [6.07, 6.45) is 3.23. The number of morpholine rings is 1. The molecule has 51 heavy (non-hydrogen) atoms. The monoisotopic (exact) mass is 693 g/mol. The molecule has 1 unspecified atom stereocenters. The molecule has 2 N–H and O–H groups in total. The minimum atomic E-state index is -0.753. The Labute approximate surface area is 302 Å². The van der Waals surface area contributed by atoms with E-state index in [2.05, 4.69) is 132 Å². The number of carbonyl (C=O) groups is 1. The quantitative estimate of drug-likeness (QED) is 0.0950. The lowest BCUT2D eigenvalue weighted by atomic mass is 9.76. The number of ether oxygens (including phenoxy) is 1. The van der Waals surface area contributed by atoms with Gasteiger partial charge in [-0.15, -0.1) is 5.10 Å². The third-order valence-corrected chi connectivity index (χ3v) is 10.5. The van der Waals surface area contributed by atoms with Crippen LogP contribution in [0.2, 0.25) is 6.32 Å². The Morgan fingerprint density at radius 3 is 1.94 bits per heavy atom. The van der Waals surface area contributed by atoms with E-state index >= 15 is 0 Å². The molecule has 0 radical (unpaired) electrons. The second-order valence-electron chi connectivity index (χ2n) is 14.5. The van der Waals surface area contributed by atoms with Crippen molar-refractivity contribution in [3.63, 3.8) is 0 Å². The van der Waals surface area contributed by atoms with Gasteiger partial charge in [0.15, 0.2) is 5.82 Å². The number of aromatic nitrogens is 4. The van der Waals surface area contributed by atoms with Gasteiger partial charge in [-0.3, -0.25) is 15.0 Å². The maximum absolute atomic E-state index is 13.3. The predicted octanol–water partition coefficient (Wildman–Crippen LogP) is 5.01. The van der Waals surface area contributed by atoms with E-state index in [0.29, 0.717) is 18.8 Å². The average Bonchev–Trinajstić information content (AvgIpc) is 3.68. The van der Waals surface area contributed by atoms with Gasteiger partial charge in [-0.05, 0) is 67.6 Å². The Morgan fingerprint density at radius 2 is 1.39 bits per heavy atom. The molecule has 1 amide bonds. The lowest BCUT2D eigenvalue weighted by molar-refractivity contribution is -0.122. The van der Waals surface area contributed by atoms with Gasteiger partial charge in [-0.1, -0.05) is 104 Å². The first-order chi connectivity index (χ1) is 24.7. The maximum Gasteiger partial charge on any atom is 0.457 e. The van der Waals surface area contributed by atoms with Gasteiger partial charge < -0.3 is 19.4 Å². The number of carbonyl (C=O) groups excluding carboxylic acids is 1. The van der Waals surface area contributed by atoms with Gasteiger partial charge in [0.1, 0.15) is 6.54 Å². The molecule has 3 aromatic carbocycles. The molecule has 2 aliphatic heterocycles. The second-order valence-corrected chi connectivity index (χ2v) is 14.5. The zero-order chi connectivity index (χ0) is 35.7. The summed E-state index contributed by atoms with van der Waals surface area (Å²) in [5.74, 6) is 0.484. The van der Waals surface area contributed by atoms with Gasteiger partial charge in [-0.25, -0.2) is 4.68 Å². The van der Waals surface area contributed by atoms with E-state index in [-0.39, 0.29) is 36.8 Å². The molecule has 1 aromatic heterocycles. The summed E-state index contributed by atoms with van der Waals surface area (Å²) in [5, 5.41) is 20.2. The van der Waals surface area contributed by atoms with Crippen LogP contribution in [0.25, 0.3) is 0 Å². The molecule has 11 nitrogen and oxygen atoms in total. The maximum atomic E-state index is 13.3. The van der Waals surface area contributed by atoms with E-state index in [1.807, 2.05) is 18.2 Å². The normalized spacial score (nSPS) is 18.1. The summed E-state index contributed by atoms with van der Waals surface area (Å²) in [7, 11) is -0.259. The first-order valence-electron chi connectivity index (χ1n) is 18.3. The van der Waals surface area contributed by atoms with Crippen LogP contribution in [0.3, 0.4) is 0 Å². The molecular weight excluding hydrogens is 641 g/mol. The Bertz CT molecular complexity index is 1550. The molecule has 2 fully saturated rings. The third-order valence-electron chi connectivity index (χ3n) is 10.5. The van der Waals surface area contributed by atoms with Crippen LogP contribution in [0.15, 0.2) is 91.0 Å². The number of benzene rings is 3. The number of nitrogens with one attached hydrogen (secondary N) is 2. The van der Waals surface area contributed by atoms with Gasteiger partial charge in [0, 0.05) is 26.2 Å². The Kier molecular flexibility index (Phi) is 12.0. The largest absolute Gasteiger partial charge is 0.457 e. The molecule has 1 atom stereocenters. The highest BCUT2D eigenvalue weighted by atomic mass is 16.7. The van der Waals surface area contributed by atoms with Crippen LogP contribution in [-0.4, -0.2) is 88.7 Å². The Morgan fingerprint density at radius 1 is 0.843 bits per heavy atom.